The van der Waals surface area contributed by atoms with Gasteiger partial charge in [-0.15, -0.1) is 0 Å². The summed E-state index contributed by atoms with van der Waals surface area (Å²) in [6.07, 6.45) is 2.73. The van der Waals surface area contributed by atoms with Crippen LogP contribution < -0.4 is 0 Å². The first-order chi connectivity index (χ1) is 7.18. The number of carboxylic acids is 1. The first-order valence-electron chi connectivity index (χ1n) is 5.17. The lowest BCUT2D eigenvalue weighted by Crippen LogP contribution is -2.16. The van der Waals surface area contributed by atoms with Gasteiger partial charge in [-0.2, -0.15) is 0 Å². The van der Waals surface area contributed by atoms with Gasteiger partial charge >= 0.3 is 5.97 Å². The Labute approximate surface area is 93.9 Å². The van der Waals surface area contributed by atoms with Crippen molar-refractivity contribution in [3.05, 3.63) is 34.9 Å². The fourth-order valence-corrected chi connectivity index (χ4v) is 2.59. The molecule has 1 aromatic rings. The van der Waals surface area contributed by atoms with Crippen LogP contribution in [-0.4, -0.2) is 11.1 Å². The molecular weight excluding hydrogens is 212 g/mol. The molecule has 2 unspecified atom stereocenters. The van der Waals surface area contributed by atoms with E-state index in [1.807, 2.05) is 24.3 Å². The van der Waals surface area contributed by atoms with Crippen LogP contribution in [0.25, 0.3) is 0 Å². The van der Waals surface area contributed by atoms with Gasteiger partial charge in [-0.05, 0) is 36.5 Å². The van der Waals surface area contributed by atoms with Crippen LogP contribution >= 0.6 is 11.6 Å². The van der Waals surface area contributed by atoms with E-state index in [1.54, 1.807) is 0 Å². The van der Waals surface area contributed by atoms with Crippen molar-refractivity contribution in [1.29, 1.82) is 0 Å². The molecule has 1 saturated carbocycles. The number of benzene rings is 1. The lowest BCUT2D eigenvalue weighted by atomic mass is 9.89. The fraction of sp³-hybridized carbons (Fsp3) is 0.417. The van der Waals surface area contributed by atoms with Gasteiger partial charge in [0.05, 0.1) is 5.92 Å². The summed E-state index contributed by atoms with van der Waals surface area (Å²) in [6.45, 7) is 0. The fourth-order valence-electron chi connectivity index (χ4n) is 2.39. The van der Waals surface area contributed by atoms with Crippen LogP contribution in [0.4, 0.5) is 0 Å². The first-order valence-corrected chi connectivity index (χ1v) is 5.54. The predicted molar refractivity (Wildman–Crippen MR) is 59.2 cm³/mol. The molecule has 0 bridgehead atoms. The molecule has 80 valence electrons. The third-order valence-corrected chi connectivity index (χ3v) is 3.35. The van der Waals surface area contributed by atoms with E-state index in [4.69, 9.17) is 16.7 Å². The smallest absolute Gasteiger partial charge is 0.307 e. The van der Waals surface area contributed by atoms with Crippen molar-refractivity contribution in [1.82, 2.24) is 0 Å². The molecule has 0 saturated heterocycles. The molecule has 3 heteroatoms. The van der Waals surface area contributed by atoms with Crippen molar-refractivity contribution in [3.63, 3.8) is 0 Å². The van der Waals surface area contributed by atoms with Crippen LogP contribution in [0.15, 0.2) is 24.3 Å². The van der Waals surface area contributed by atoms with Crippen LogP contribution in [0.3, 0.4) is 0 Å². The van der Waals surface area contributed by atoms with E-state index in [2.05, 4.69) is 0 Å². The van der Waals surface area contributed by atoms with Crippen LogP contribution in [0.2, 0.25) is 5.02 Å². The number of carbonyl (C=O) groups is 1. The van der Waals surface area contributed by atoms with Gasteiger partial charge in [-0.1, -0.05) is 30.2 Å². The molecular formula is C12H13ClO2. The van der Waals surface area contributed by atoms with Crippen molar-refractivity contribution < 1.29 is 9.90 Å². The van der Waals surface area contributed by atoms with Crippen LogP contribution in [0, 0.1) is 5.92 Å². The van der Waals surface area contributed by atoms with Crippen molar-refractivity contribution in [2.24, 2.45) is 5.92 Å². The Morgan fingerprint density at radius 2 is 2.20 bits per heavy atom. The zero-order chi connectivity index (χ0) is 10.8. The Morgan fingerprint density at radius 1 is 1.40 bits per heavy atom. The molecule has 2 nitrogen and oxygen atoms in total. The van der Waals surface area contributed by atoms with Gasteiger partial charge in [0.2, 0.25) is 0 Å². The summed E-state index contributed by atoms with van der Waals surface area (Å²) in [5, 5.41) is 9.77. The van der Waals surface area contributed by atoms with Gasteiger partial charge in [-0.25, -0.2) is 0 Å². The number of hydrogen-bond acceptors (Lipinski definition) is 1. The number of carboxylic acid groups (broad SMARTS) is 1. The summed E-state index contributed by atoms with van der Waals surface area (Å²) < 4.78 is 0. The molecule has 1 aliphatic rings. The van der Waals surface area contributed by atoms with Crippen molar-refractivity contribution in [3.8, 4) is 0 Å². The van der Waals surface area contributed by atoms with E-state index in [0.717, 1.165) is 24.8 Å². The minimum absolute atomic E-state index is 0.140. The molecule has 0 amide bonds. The Morgan fingerprint density at radius 3 is 2.87 bits per heavy atom. The third kappa shape index (κ3) is 2.15. The topological polar surface area (TPSA) is 37.3 Å². The van der Waals surface area contributed by atoms with E-state index >= 15 is 0 Å². The van der Waals surface area contributed by atoms with E-state index < -0.39 is 5.97 Å². The highest BCUT2D eigenvalue weighted by molar-refractivity contribution is 6.30. The van der Waals surface area contributed by atoms with Gasteiger partial charge in [0.1, 0.15) is 0 Å². The summed E-state index contributed by atoms with van der Waals surface area (Å²) >= 11 is 5.90. The number of halogens is 1. The largest absolute Gasteiger partial charge is 0.481 e. The number of hydrogen-bond donors (Lipinski definition) is 1. The van der Waals surface area contributed by atoms with E-state index in [0.29, 0.717) is 5.02 Å². The number of aliphatic carboxylic acids is 1. The lowest BCUT2D eigenvalue weighted by molar-refractivity contribution is -0.142. The second-order valence-corrected chi connectivity index (χ2v) is 4.47. The standard InChI is InChI=1S/C12H13ClO2/c13-9-4-1-3-8(7-9)10-5-2-6-11(10)12(14)15/h1,3-4,7,10-11H,2,5-6H2,(H,14,15). The highest BCUT2D eigenvalue weighted by atomic mass is 35.5. The summed E-state index contributed by atoms with van der Waals surface area (Å²) in [7, 11) is 0. The van der Waals surface area contributed by atoms with E-state index in [9.17, 15) is 4.79 Å². The first kappa shape index (κ1) is 10.5. The van der Waals surface area contributed by atoms with Crippen molar-refractivity contribution in [2.45, 2.75) is 25.2 Å². The molecule has 15 heavy (non-hydrogen) atoms. The van der Waals surface area contributed by atoms with Gasteiger partial charge in [0.25, 0.3) is 0 Å². The molecule has 0 spiro atoms. The number of rotatable bonds is 2. The maximum absolute atomic E-state index is 11.0. The maximum Gasteiger partial charge on any atom is 0.307 e. The van der Waals surface area contributed by atoms with Crippen molar-refractivity contribution in [2.75, 3.05) is 0 Å². The average Bonchev–Trinajstić information content (AvgIpc) is 2.65. The molecule has 1 N–H and O–H groups in total. The Bertz CT molecular complexity index is 376. The molecule has 2 rings (SSSR count). The zero-order valence-corrected chi connectivity index (χ0v) is 9.07. The van der Waals surface area contributed by atoms with Crippen LogP contribution in [0.5, 0.6) is 0 Å². The van der Waals surface area contributed by atoms with Crippen LogP contribution in [0.1, 0.15) is 30.7 Å². The SMILES string of the molecule is O=C(O)C1CCCC1c1cccc(Cl)c1. The molecule has 1 fully saturated rings. The van der Waals surface area contributed by atoms with Gasteiger partial charge in [-0.3, -0.25) is 4.79 Å². The quantitative estimate of drug-likeness (QED) is 0.837. The Kier molecular flexibility index (Phi) is 2.96. The van der Waals surface area contributed by atoms with Crippen LogP contribution in [-0.2, 0) is 4.79 Å². The summed E-state index contributed by atoms with van der Waals surface area (Å²) in [5.41, 5.74) is 1.06. The summed E-state index contributed by atoms with van der Waals surface area (Å²) in [4.78, 5) is 11.0. The van der Waals surface area contributed by atoms with Crippen molar-refractivity contribution >= 4 is 17.6 Å². The molecule has 1 aliphatic carbocycles. The molecule has 0 aromatic heterocycles. The molecule has 0 heterocycles. The second kappa shape index (κ2) is 4.23. The minimum atomic E-state index is -0.683. The summed E-state index contributed by atoms with van der Waals surface area (Å²) in [6, 6.07) is 7.55. The Hall–Kier alpha value is -1.02. The molecule has 2 atom stereocenters. The highest BCUT2D eigenvalue weighted by Crippen LogP contribution is 2.40. The predicted octanol–water partition coefficient (Wildman–Crippen LogP) is 3.31. The molecule has 1 aromatic carbocycles. The molecule has 0 radical (unpaired) electrons. The zero-order valence-electron chi connectivity index (χ0n) is 8.32. The minimum Gasteiger partial charge on any atom is -0.481 e. The lowest BCUT2D eigenvalue weighted by Gasteiger charge is -2.16. The third-order valence-electron chi connectivity index (χ3n) is 3.11. The van der Waals surface area contributed by atoms with Gasteiger partial charge in [0, 0.05) is 5.02 Å². The van der Waals surface area contributed by atoms with Gasteiger partial charge in [0.15, 0.2) is 0 Å². The normalized spacial score (nSPS) is 25.4. The van der Waals surface area contributed by atoms with E-state index in [-0.39, 0.29) is 11.8 Å². The average molecular weight is 225 g/mol. The highest BCUT2D eigenvalue weighted by Gasteiger charge is 2.33. The second-order valence-electron chi connectivity index (χ2n) is 4.04. The molecule has 0 aliphatic heterocycles. The monoisotopic (exact) mass is 224 g/mol. The summed E-state index contributed by atoms with van der Waals surface area (Å²) in [5.74, 6) is -0.776. The van der Waals surface area contributed by atoms with E-state index in [1.165, 1.54) is 0 Å². The Balaban J connectivity index is 2.26. The van der Waals surface area contributed by atoms with Gasteiger partial charge < -0.3 is 5.11 Å². The maximum atomic E-state index is 11.0.